The lowest BCUT2D eigenvalue weighted by atomic mass is 9.99. The molecule has 0 unspecified atom stereocenters. The second kappa shape index (κ2) is 12.0. The molecule has 4 rings (SSSR count). The fourth-order valence-electron chi connectivity index (χ4n) is 4.68. The number of aromatic nitrogens is 1. The van der Waals surface area contributed by atoms with Gasteiger partial charge < -0.3 is 19.3 Å². The molecular formula is C27H33FN4O8S2. The van der Waals surface area contributed by atoms with Gasteiger partial charge >= 0.3 is 0 Å². The van der Waals surface area contributed by atoms with Crippen molar-refractivity contribution in [1.82, 2.24) is 14.4 Å². The highest BCUT2D eigenvalue weighted by atomic mass is 32.2. The Morgan fingerprint density at radius 1 is 1.17 bits per heavy atom. The van der Waals surface area contributed by atoms with Crippen molar-refractivity contribution in [2.45, 2.75) is 49.6 Å². The largest absolute Gasteiger partial charge is 0.488 e. The van der Waals surface area contributed by atoms with Crippen LogP contribution in [0.1, 0.15) is 35.7 Å². The van der Waals surface area contributed by atoms with Gasteiger partial charge in [-0.1, -0.05) is 12.1 Å². The Morgan fingerprint density at radius 2 is 1.83 bits per heavy atom. The third-order valence-electron chi connectivity index (χ3n) is 7.11. The van der Waals surface area contributed by atoms with Crippen molar-refractivity contribution in [3.05, 3.63) is 65.3 Å². The monoisotopic (exact) mass is 624 g/mol. The molecule has 12 nitrogen and oxygen atoms in total. The molecular weight excluding hydrogens is 591 g/mol. The Morgan fingerprint density at radius 3 is 2.43 bits per heavy atom. The number of hydrogen-bond acceptors (Lipinski definition) is 9. The molecule has 228 valence electrons. The number of hydrogen-bond donors (Lipinski definition) is 2. The summed E-state index contributed by atoms with van der Waals surface area (Å²) in [4.78, 5) is 14.9. The fraction of sp³-hybridized carbons (Fsp3) is 0.407. The summed E-state index contributed by atoms with van der Waals surface area (Å²) in [6.45, 7) is 6.20. The molecule has 1 aromatic heterocycles. The molecule has 1 aliphatic heterocycles. The number of aliphatic hydroxyl groups excluding tert-OH is 1. The van der Waals surface area contributed by atoms with Crippen LogP contribution in [0.15, 0.2) is 56.8 Å². The topological polar surface area (TPSA) is 159 Å². The summed E-state index contributed by atoms with van der Waals surface area (Å²) in [5.74, 6) is -1.21. The second-order valence-corrected chi connectivity index (χ2v) is 14.0. The second-order valence-electron chi connectivity index (χ2n) is 10.3. The van der Waals surface area contributed by atoms with Gasteiger partial charge in [-0.2, -0.15) is 4.31 Å². The first kappa shape index (κ1) is 31.4. The Hall–Kier alpha value is -3.53. The molecule has 3 aromatic rings. The van der Waals surface area contributed by atoms with E-state index in [0.717, 1.165) is 28.6 Å². The predicted octanol–water partition coefficient (Wildman–Crippen LogP) is 2.77. The molecule has 2 aromatic carbocycles. The molecule has 42 heavy (non-hydrogen) atoms. The van der Waals surface area contributed by atoms with Gasteiger partial charge in [-0.25, -0.2) is 21.2 Å². The number of sulfonamides is 2. The zero-order valence-electron chi connectivity index (χ0n) is 23.7. The molecule has 2 N–H and O–H groups in total. The van der Waals surface area contributed by atoms with E-state index in [-0.39, 0.29) is 63.9 Å². The van der Waals surface area contributed by atoms with Crippen LogP contribution < -0.4 is 9.46 Å². The minimum absolute atomic E-state index is 0.0164. The first-order valence-electron chi connectivity index (χ1n) is 13.1. The van der Waals surface area contributed by atoms with E-state index < -0.39 is 43.9 Å². The number of benzene rings is 2. The number of aryl methyl sites for hydroxylation is 2. The highest BCUT2D eigenvalue weighted by molar-refractivity contribution is 7.92. The Balaban J connectivity index is 1.69. The van der Waals surface area contributed by atoms with Gasteiger partial charge in [0.05, 0.1) is 29.7 Å². The van der Waals surface area contributed by atoms with Crippen molar-refractivity contribution < 1.29 is 40.4 Å². The van der Waals surface area contributed by atoms with Gasteiger partial charge in [0.25, 0.3) is 15.9 Å². The molecule has 15 heteroatoms. The van der Waals surface area contributed by atoms with E-state index in [1.807, 2.05) is 6.92 Å². The maximum Gasteiger partial charge on any atom is 0.261 e. The van der Waals surface area contributed by atoms with Crippen molar-refractivity contribution in [2.75, 3.05) is 31.5 Å². The smallest absolute Gasteiger partial charge is 0.261 e. The number of nitrogens with one attached hydrogen (secondary N) is 1. The van der Waals surface area contributed by atoms with E-state index in [0.29, 0.717) is 0 Å². The number of carbonyl (C=O) groups is 1. The van der Waals surface area contributed by atoms with Gasteiger partial charge in [0.2, 0.25) is 10.0 Å². The molecule has 0 bridgehead atoms. The van der Waals surface area contributed by atoms with Crippen LogP contribution in [0.5, 0.6) is 5.75 Å². The van der Waals surface area contributed by atoms with Crippen molar-refractivity contribution in [3.63, 3.8) is 0 Å². The molecule has 0 aliphatic carbocycles. The van der Waals surface area contributed by atoms with Crippen molar-refractivity contribution in [1.29, 1.82) is 0 Å². The maximum absolute atomic E-state index is 13.7. The minimum Gasteiger partial charge on any atom is -0.488 e. The van der Waals surface area contributed by atoms with Gasteiger partial charge in [0, 0.05) is 25.2 Å². The van der Waals surface area contributed by atoms with Crippen LogP contribution in [0.25, 0.3) is 0 Å². The highest BCUT2D eigenvalue weighted by Crippen LogP contribution is 2.32. The quantitative estimate of drug-likeness (QED) is 0.365. The average Bonchev–Trinajstić information content (AvgIpc) is 3.28. The zero-order chi connectivity index (χ0) is 31.0. The molecule has 0 saturated carbocycles. The normalized spacial score (nSPS) is 18.7. The Bertz CT molecular complexity index is 1660. The summed E-state index contributed by atoms with van der Waals surface area (Å²) in [6, 6.07) is 7.80. The van der Waals surface area contributed by atoms with E-state index in [2.05, 4.69) is 9.88 Å². The third-order valence-corrected chi connectivity index (χ3v) is 10.6. The number of nitrogens with zero attached hydrogens (tertiary/aromatic N) is 3. The van der Waals surface area contributed by atoms with E-state index in [1.165, 1.54) is 44.0 Å². The molecule has 0 fully saturated rings. The number of anilines is 1. The number of likely N-dealkylation sites (N-methyl/N-ethyl adjacent to an activating group) is 1. The molecule has 2 heterocycles. The minimum atomic E-state index is -4.11. The van der Waals surface area contributed by atoms with Gasteiger partial charge in [-0.15, -0.1) is 0 Å². The summed E-state index contributed by atoms with van der Waals surface area (Å²) < 4.78 is 80.7. The summed E-state index contributed by atoms with van der Waals surface area (Å²) in [5, 5.41) is 13.6. The zero-order valence-corrected chi connectivity index (χ0v) is 25.4. The van der Waals surface area contributed by atoms with Crippen LogP contribution in [0.3, 0.4) is 0 Å². The molecule has 0 spiro atoms. The summed E-state index contributed by atoms with van der Waals surface area (Å²) in [6.07, 6.45) is -0.743. The first-order chi connectivity index (χ1) is 19.6. The highest BCUT2D eigenvalue weighted by Gasteiger charge is 2.37. The number of halogens is 1. The Kier molecular flexibility index (Phi) is 8.97. The SMILES string of the molecule is Cc1noc(C)c1S(=O)(=O)N(C)C[C@@H]1Oc2ccc(NS(=O)(=O)c3ccc(F)cc3)cc2C(=O)N([C@@H](C)CO)C[C@@H]1C. The van der Waals surface area contributed by atoms with Gasteiger partial charge in [0.15, 0.2) is 5.76 Å². The predicted molar refractivity (Wildman–Crippen MR) is 151 cm³/mol. The number of ether oxygens (including phenoxy) is 1. The van der Waals surface area contributed by atoms with Crippen molar-refractivity contribution in [3.8, 4) is 5.75 Å². The lowest BCUT2D eigenvalue weighted by Crippen LogP contribution is -2.50. The van der Waals surface area contributed by atoms with Gasteiger partial charge in [0.1, 0.15) is 28.3 Å². The lowest BCUT2D eigenvalue weighted by molar-refractivity contribution is 0.0387. The van der Waals surface area contributed by atoms with Crippen LogP contribution in [-0.2, 0) is 20.0 Å². The standard InChI is InChI=1S/C27H33FN4O8S2/c1-16-13-32(17(2)15-33)27(34)23-12-21(30-41(35,36)22-9-6-20(28)7-10-22)8-11-24(23)39-25(16)14-31(5)42(37,38)26-18(3)29-40-19(26)4/h6-12,16-17,25,30,33H,13-15H2,1-5H3/t16-,17-,25-/m0/s1. The summed E-state index contributed by atoms with van der Waals surface area (Å²) >= 11 is 0. The van der Waals surface area contributed by atoms with E-state index in [1.54, 1.807) is 6.92 Å². The number of amides is 1. The van der Waals surface area contributed by atoms with Crippen LogP contribution in [0.4, 0.5) is 10.1 Å². The van der Waals surface area contributed by atoms with Crippen LogP contribution in [0, 0.1) is 25.6 Å². The van der Waals surface area contributed by atoms with Gasteiger partial charge in [-0.05, 0) is 63.2 Å². The summed E-state index contributed by atoms with van der Waals surface area (Å²) in [7, 11) is -6.71. The molecule has 0 saturated heterocycles. The summed E-state index contributed by atoms with van der Waals surface area (Å²) in [5.41, 5.74) is 0.290. The van der Waals surface area contributed by atoms with E-state index >= 15 is 0 Å². The average molecular weight is 625 g/mol. The van der Waals surface area contributed by atoms with Gasteiger partial charge in [-0.3, -0.25) is 9.52 Å². The van der Waals surface area contributed by atoms with Crippen LogP contribution in [0.2, 0.25) is 0 Å². The van der Waals surface area contributed by atoms with Crippen molar-refractivity contribution >= 4 is 31.6 Å². The molecule has 1 amide bonds. The van der Waals surface area contributed by atoms with Crippen LogP contribution in [-0.4, -0.2) is 81.1 Å². The number of aliphatic hydroxyl groups is 1. The van der Waals surface area contributed by atoms with Crippen molar-refractivity contribution in [2.24, 2.45) is 5.92 Å². The lowest BCUT2D eigenvalue weighted by Gasteiger charge is -2.38. The molecule has 1 aliphatic rings. The number of fused-ring (bicyclic) bond motifs is 1. The maximum atomic E-state index is 13.7. The fourth-order valence-corrected chi connectivity index (χ4v) is 7.20. The third kappa shape index (κ3) is 6.28. The van der Waals surface area contributed by atoms with E-state index in [9.17, 15) is 31.1 Å². The van der Waals surface area contributed by atoms with Crippen LogP contribution >= 0.6 is 0 Å². The number of carbonyl (C=O) groups excluding carboxylic acids is 1. The Labute approximate surface area is 244 Å². The van der Waals surface area contributed by atoms with E-state index in [4.69, 9.17) is 9.26 Å². The number of rotatable bonds is 9. The first-order valence-corrected chi connectivity index (χ1v) is 16.0. The molecule has 3 atom stereocenters. The molecule has 0 radical (unpaired) electrons.